The minimum atomic E-state index is -0.786. The van der Waals surface area contributed by atoms with Crippen molar-refractivity contribution in [2.75, 3.05) is 13.2 Å². The molecule has 276 valence electrons. The Morgan fingerprint density at radius 3 is 1.25 bits per heavy atom. The molecule has 5 nitrogen and oxygen atoms in total. The number of hydrogen-bond donors (Lipinski definition) is 1. The number of aliphatic hydroxyl groups is 1. The Kier molecular flexibility index (Phi) is 37.1. The van der Waals surface area contributed by atoms with Crippen LogP contribution < -0.4 is 0 Å². The second-order valence-electron chi connectivity index (χ2n) is 13.0. The van der Waals surface area contributed by atoms with E-state index in [0.29, 0.717) is 12.8 Å². The summed E-state index contributed by atoms with van der Waals surface area (Å²) in [7, 11) is 0. The standard InChI is InChI=1S/C43H74O5/c1-3-5-7-9-11-13-15-17-19-21-23-25-27-29-31-33-35-37-42(45)47-40-41(39-44)48-43(46)38-36-34-32-30-28-26-24-22-20-18-16-14-12-10-8-6-4-2/h11-14,17-20,23,25,41,44H,3-10,15-16,21-22,24,26-40H2,1-2H3. The molecule has 0 fully saturated rings. The van der Waals surface area contributed by atoms with E-state index in [1.165, 1.54) is 77.0 Å². The summed E-state index contributed by atoms with van der Waals surface area (Å²) in [5, 5.41) is 9.55. The molecule has 0 saturated heterocycles. The maximum absolute atomic E-state index is 12.2. The summed E-state index contributed by atoms with van der Waals surface area (Å²) in [6.45, 7) is 4.05. The Morgan fingerprint density at radius 1 is 0.479 bits per heavy atom. The number of unbranched alkanes of at least 4 members (excludes halogenated alkanes) is 17. The molecule has 0 saturated carbocycles. The molecule has 0 aliphatic carbocycles. The second-order valence-corrected chi connectivity index (χ2v) is 13.0. The molecule has 0 amide bonds. The van der Waals surface area contributed by atoms with E-state index in [1.54, 1.807) is 0 Å². The molecule has 0 bridgehead atoms. The number of carbonyl (C=O) groups excluding carboxylic acids is 2. The zero-order valence-electron chi connectivity index (χ0n) is 31.2. The lowest BCUT2D eigenvalue weighted by molar-refractivity contribution is -0.161. The Balaban J connectivity index is 3.63. The summed E-state index contributed by atoms with van der Waals surface area (Å²) >= 11 is 0. The van der Waals surface area contributed by atoms with Crippen LogP contribution in [0.25, 0.3) is 0 Å². The van der Waals surface area contributed by atoms with Crippen LogP contribution in [0.3, 0.4) is 0 Å². The van der Waals surface area contributed by atoms with Crippen molar-refractivity contribution in [2.24, 2.45) is 0 Å². The monoisotopic (exact) mass is 671 g/mol. The number of rotatable bonds is 35. The van der Waals surface area contributed by atoms with Gasteiger partial charge < -0.3 is 14.6 Å². The van der Waals surface area contributed by atoms with Crippen molar-refractivity contribution in [3.05, 3.63) is 60.8 Å². The highest BCUT2D eigenvalue weighted by Gasteiger charge is 2.16. The molecule has 0 aromatic rings. The van der Waals surface area contributed by atoms with E-state index in [0.717, 1.165) is 77.0 Å². The summed E-state index contributed by atoms with van der Waals surface area (Å²) in [5.74, 6) is -0.628. The molecule has 0 aliphatic heterocycles. The molecular weight excluding hydrogens is 596 g/mol. The largest absolute Gasteiger partial charge is 0.462 e. The molecule has 0 rings (SSSR count). The van der Waals surface area contributed by atoms with Crippen LogP contribution in [0, 0.1) is 0 Å². The highest BCUT2D eigenvalue weighted by molar-refractivity contribution is 5.70. The molecular formula is C43H74O5. The van der Waals surface area contributed by atoms with Crippen LogP contribution in [0.1, 0.15) is 181 Å². The van der Waals surface area contributed by atoms with Crippen molar-refractivity contribution in [1.82, 2.24) is 0 Å². The fraction of sp³-hybridized carbons (Fsp3) is 0.721. The molecule has 0 aliphatic rings. The Labute approximate surface area is 296 Å². The van der Waals surface area contributed by atoms with Gasteiger partial charge in [0.15, 0.2) is 6.10 Å². The SMILES string of the molecule is CCCCCC=CCC=CCC=CCCCCCCC(=O)OCC(CO)OC(=O)CCCCCCCCCC=CCC=CCCCCC. The van der Waals surface area contributed by atoms with Crippen LogP contribution in [0.15, 0.2) is 60.8 Å². The molecule has 1 atom stereocenters. The van der Waals surface area contributed by atoms with E-state index in [4.69, 9.17) is 9.47 Å². The highest BCUT2D eigenvalue weighted by Crippen LogP contribution is 2.12. The minimum Gasteiger partial charge on any atom is -0.462 e. The first-order chi connectivity index (χ1) is 23.6. The van der Waals surface area contributed by atoms with E-state index in [1.807, 2.05) is 0 Å². The molecule has 1 unspecified atom stereocenters. The van der Waals surface area contributed by atoms with Gasteiger partial charge in [-0.1, -0.05) is 145 Å². The van der Waals surface area contributed by atoms with Crippen LogP contribution in [0.5, 0.6) is 0 Å². The van der Waals surface area contributed by atoms with E-state index in [-0.39, 0.29) is 25.2 Å². The molecule has 0 aromatic heterocycles. The smallest absolute Gasteiger partial charge is 0.306 e. The molecule has 0 aromatic carbocycles. The van der Waals surface area contributed by atoms with Crippen LogP contribution in [0.4, 0.5) is 0 Å². The van der Waals surface area contributed by atoms with Gasteiger partial charge in [-0.2, -0.15) is 0 Å². The van der Waals surface area contributed by atoms with Crippen molar-refractivity contribution < 1.29 is 24.2 Å². The number of allylic oxidation sites excluding steroid dienone is 10. The molecule has 5 heteroatoms. The third kappa shape index (κ3) is 36.4. The molecule has 0 spiro atoms. The van der Waals surface area contributed by atoms with Crippen molar-refractivity contribution in [2.45, 2.75) is 187 Å². The van der Waals surface area contributed by atoms with Gasteiger partial charge in [-0.3, -0.25) is 9.59 Å². The molecule has 0 radical (unpaired) electrons. The van der Waals surface area contributed by atoms with Crippen molar-refractivity contribution in [3.8, 4) is 0 Å². The number of ether oxygens (including phenoxy) is 2. The maximum atomic E-state index is 12.2. The van der Waals surface area contributed by atoms with Gasteiger partial charge in [0.05, 0.1) is 6.61 Å². The number of hydrogen-bond acceptors (Lipinski definition) is 5. The van der Waals surface area contributed by atoms with E-state index < -0.39 is 6.10 Å². The van der Waals surface area contributed by atoms with Gasteiger partial charge in [-0.15, -0.1) is 0 Å². The van der Waals surface area contributed by atoms with E-state index >= 15 is 0 Å². The van der Waals surface area contributed by atoms with E-state index in [2.05, 4.69) is 74.6 Å². The van der Waals surface area contributed by atoms with Crippen LogP contribution in [0.2, 0.25) is 0 Å². The first kappa shape index (κ1) is 45.6. The van der Waals surface area contributed by atoms with Gasteiger partial charge in [0.25, 0.3) is 0 Å². The lowest BCUT2D eigenvalue weighted by Gasteiger charge is -2.15. The normalized spacial score (nSPS) is 12.8. The first-order valence-corrected chi connectivity index (χ1v) is 19.8. The lowest BCUT2D eigenvalue weighted by Crippen LogP contribution is -2.28. The van der Waals surface area contributed by atoms with E-state index in [9.17, 15) is 14.7 Å². The zero-order chi connectivity index (χ0) is 35.0. The summed E-state index contributed by atoms with van der Waals surface area (Å²) in [6.07, 6.45) is 49.9. The van der Waals surface area contributed by atoms with Gasteiger partial charge in [-0.25, -0.2) is 0 Å². The minimum absolute atomic E-state index is 0.0828. The molecule has 0 heterocycles. The van der Waals surface area contributed by atoms with Gasteiger partial charge in [0.1, 0.15) is 6.61 Å². The topological polar surface area (TPSA) is 72.8 Å². The number of aliphatic hydroxyl groups excluding tert-OH is 1. The van der Waals surface area contributed by atoms with Crippen LogP contribution >= 0.6 is 0 Å². The van der Waals surface area contributed by atoms with Crippen LogP contribution in [-0.4, -0.2) is 36.4 Å². The summed E-state index contributed by atoms with van der Waals surface area (Å²) in [5.41, 5.74) is 0. The van der Waals surface area contributed by atoms with Gasteiger partial charge in [0.2, 0.25) is 0 Å². The second kappa shape index (κ2) is 39.0. The summed E-state index contributed by atoms with van der Waals surface area (Å²) in [4.78, 5) is 24.3. The van der Waals surface area contributed by atoms with Crippen molar-refractivity contribution in [1.29, 1.82) is 0 Å². The number of esters is 2. The molecule has 48 heavy (non-hydrogen) atoms. The highest BCUT2D eigenvalue weighted by atomic mass is 16.6. The fourth-order valence-corrected chi connectivity index (χ4v) is 5.24. The van der Waals surface area contributed by atoms with Gasteiger partial charge >= 0.3 is 11.9 Å². The Hall–Kier alpha value is -2.40. The summed E-state index contributed by atoms with van der Waals surface area (Å²) < 4.78 is 10.6. The zero-order valence-corrected chi connectivity index (χ0v) is 31.2. The maximum Gasteiger partial charge on any atom is 0.306 e. The third-order valence-corrected chi connectivity index (χ3v) is 8.28. The first-order valence-electron chi connectivity index (χ1n) is 19.8. The Bertz CT molecular complexity index is 853. The predicted molar refractivity (Wildman–Crippen MR) is 205 cm³/mol. The van der Waals surface area contributed by atoms with Gasteiger partial charge in [0, 0.05) is 12.8 Å². The average Bonchev–Trinajstić information content (AvgIpc) is 3.09. The Morgan fingerprint density at radius 2 is 0.833 bits per heavy atom. The van der Waals surface area contributed by atoms with Crippen LogP contribution in [-0.2, 0) is 19.1 Å². The van der Waals surface area contributed by atoms with Crippen molar-refractivity contribution >= 4 is 11.9 Å². The molecule has 1 N–H and O–H groups in total. The van der Waals surface area contributed by atoms with Gasteiger partial charge in [-0.05, 0) is 83.5 Å². The predicted octanol–water partition coefficient (Wildman–Crippen LogP) is 12.4. The quantitative estimate of drug-likeness (QED) is 0.0413. The average molecular weight is 671 g/mol. The third-order valence-electron chi connectivity index (χ3n) is 8.28. The summed E-state index contributed by atoms with van der Waals surface area (Å²) in [6, 6.07) is 0. The lowest BCUT2D eigenvalue weighted by atomic mass is 10.1. The fourth-order valence-electron chi connectivity index (χ4n) is 5.24. The number of carbonyl (C=O) groups is 2. The van der Waals surface area contributed by atoms with Crippen molar-refractivity contribution in [3.63, 3.8) is 0 Å².